The number of nitrogen functional groups attached to an aromatic ring is 1. The molecule has 2 amide bonds. The molecule has 0 saturated heterocycles. The molecule has 0 spiro atoms. The van der Waals surface area contributed by atoms with Gasteiger partial charge in [-0.1, -0.05) is 6.92 Å². The van der Waals surface area contributed by atoms with E-state index in [-0.39, 0.29) is 29.2 Å². The van der Waals surface area contributed by atoms with Crippen LogP contribution in [0.4, 0.5) is 11.5 Å². The minimum absolute atomic E-state index is 0.0878. The SMILES string of the molecule is CCCn1c(N)c(C(=O)CN2C(=O)c3ccc([N+](=O)[O-])cc3C2=O)c(=O)n(C)c1=O. The summed E-state index contributed by atoms with van der Waals surface area (Å²) in [6.45, 7) is 1.14. The summed E-state index contributed by atoms with van der Waals surface area (Å²) in [7, 11) is 1.19. The van der Waals surface area contributed by atoms with Gasteiger partial charge in [0.15, 0.2) is 5.78 Å². The number of non-ortho nitro benzene ring substituents is 1. The van der Waals surface area contributed by atoms with Crippen LogP contribution in [0.2, 0.25) is 0 Å². The van der Waals surface area contributed by atoms with E-state index in [0.717, 1.165) is 27.3 Å². The van der Waals surface area contributed by atoms with E-state index < -0.39 is 45.9 Å². The molecule has 0 fully saturated rings. The van der Waals surface area contributed by atoms with Crippen molar-refractivity contribution in [1.82, 2.24) is 14.0 Å². The number of imide groups is 1. The molecule has 0 saturated carbocycles. The van der Waals surface area contributed by atoms with Gasteiger partial charge in [0, 0.05) is 25.7 Å². The number of aromatic nitrogens is 2. The summed E-state index contributed by atoms with van der Waals surface area (Å²) in [6, 6.07) is 3.16. The second-order valence-electron chi connectivity index (χ2n) is 6.67. The lowest BCUT2D eigenvalue weighted by Gasteiger charge is -2.16. The molecule has 0 bridgehead atoms. The number of nitro benzene ring substituents is 1. The lowest BCUT2D eigenvalue weighted by molar-refractivity contribution is -0.384. The van der Waals surface area contributed by atoms with Crippen molar-refractivity contribution in [3.63, 3.8) is 0 Å². The fraction of sp³-hybridized carbons (Fsp3) is 0.278. The number of nitrogens with zero attached hydrogens (tertiary/aromatic N) is 4. The van der Waals surface area contributed by atoms with Gasteiger partial charge in [-0.25, -0.2) is 4.79 Å². The van der Waals surface area contributed by atoms with Crippen LogP contribution in [0.3, 0.4) is 0 Å². The molecule has 156 valence electrons. The van der Waals surface area contributed by atoms with Crippen LogP contribution in [-0.4, -0.2) is 43.1 Å². The van der Waals surface area contributed by atoms with Gasteiger partial charge in [-0.2, -0.15) is 0 Å². The standard InChI is InChI=1S/C18H17N5O7/c1-3-6-21-14(19)13(17(27)20(2)18(21)28)12(24)8-22-15(25)10-5-4-9(23(29)30)7-11(10)16(22)26/h4-5,7H,3,6,8,19H2,1-2H3. The average Bonchev–Trinajstić information content (AvgIpc) is 2.94. The topological polar surface area (TPSA) is 168 Å². The molecule has 2 aromatic rings. The molecule has 1 aromatic heterocycles. The van der Waals surface area contributed by atoms with E-state index in [1.807, 2.05) is 0 Å². The zero-order valence-electron chi connectivity index (χ0n) is 16.1. The predicted octanol–water partition coefficient (Wildman–Crippen LogP) is -0.0737. The van der Waals surface area contributed by atoms with Crippen molar-refractivity contribution >= 4 is 29.1 Å². The van der Waals surface area contributed by atoms with Crippen LogP contribution in [0.25, 0.3) is 0 Å². The maximum atomic E-state index is 12.8. The van der Waals surface area contributed by atoms with E-state index in [1.54, 1.807) is 6.92 Å². The molecule has 0 aliphatic carbocycles. The van der Waals surface area contributed by atoms with Gasteiger partial charge < -0.3 is 5.73 Å². The fourth-order valence-corrected chi connectivity index (χ4v) is 3.24. The molecular formula is C18H17N5O7. The van der Waals surface area contributed by atoms with Gasteiger partial charge >= 0.3 is 5.69 Å². The van der Waals surface area contributed by atoms with Gasteiger partial charge in [0.2, 0.25) is 0 Å². The summed E-state index contributed by atoms with van der Waals surface area (Å²) in [5, 5.41) is 10.9. The normalized spacial score (nSPS) is 12.9. The number of carbonyl (C=O) groups excluding carboxylic acids is 3. The van der Waals surface area contributed by atoms with Gasteiger partial charge in [0.1, 0.15) is 11.4 Å². The Morgan fingerprint density at radius 1 is 1.13 bits per heavy atom. The van der Waals surface area contributed by atoms with Crippen molar-refractivity contribution in [3.05, 3.63) is 65.8 Å². The Hall–Kier alpha value is -4.09. The Morgan fingerprint density at radius 2 is 1.77 bits per heavy atom. The van der Waals surface area contributed by atoms with Gasteiger partial charge in [-0.15, -0.1) is 0 Å². The molecule has 0 atom stereocenters. The number of carbonyl (C=O) groups is 3. The highest BCUT2D eigenvalue weighted by atomic mass is 16.6. The van der Waals surface area contributed by atoms with Crippen LogP contribution in [0.15, 0.2) is 27.8 Å². The van der Waals surface area contributed by atoms with Gasteiger partial charge in [0.05, 0.1) is 22.6 Å². The molecule has 1 aliphatic heterocycles. The van der Waals surface area contributed by atoms with E-state index in [0.29, 0.717) is 11.3 Å². The maximum Gasteiger partial charge on any atom is 0.332 e. The zero-order valence-corrected chi connectivity index (χ0v) is 16.1. The number of benzene rings is 1. The van der Waals surface area contributed by atoms with Crippen LogP contribution >= 0.6 is 0 Å². The Balaban J connectivity index is 2.00. The van der Waals surface area contributed by atoms with Crippen molar-refractivity contribution in [2.24, 2.45) is 7.05 Å². The van der Waals surface area contributed by atoms with E-state index in [4.69, 9.17) is 5.73 Å². The van der Waals surface area contributed by atoms with Gasteiger partial charge in [-0.05, 0) is 12.5 Å². The van der Waals surface area contributed by atoms with E-state index in [1.165, 1.54) is 7.05 Å². The van der Waals surface area contributed by atoms with E-state index in [2.05, 4.69) is 0 Å². The fourth-order valence-electron chi connectivity index (χ4n) is 3.24. The number of ketones is 1. The highest BCUT2D eigenvalue weighted by Gasteiger charge is 2.38. The summed E-state index contributed by atoms with van der Waals surface area (Å²) in [5.41, 5.74) is 3.07. The highest BCUT2D eigenvalue weighted by molar-refractivity contribution is 6.23. The lowest BCUT2D eigenvalue weighted by atomic mass is 10.1. The molecule has 30 heavy (non-hydrogen) atoms. The number of nitrogens with two attached hydrogens (primary N) is 1. The number of Topliss-reactive ketones (excluding diaryl/α,β-unsaturated/α-hetero) is 1. The molecule has 1 aromatic carbocycles. The number of hydrogen-bond acceptors (Lipinski definition) is 8. The molecule has 0 unspecified atom stereocenters. The summed E-state index contributed by atoms with van der Waals surface area (Å²) in [6.07, 6.45) is 0.507. The number of amides is 2. The van der Waals surface area contributed by atoms with Crippen LogP contribution in [-0.2, 0) is 13.6 Å². The third-order valence-electron chi connectivity index (χ3n) is 4.78. The molecule has 12 nitrogen and oxygen atoms in total. The first kappa shape index (κ1) is 20.6. The van der Waals surface area contributed by atoms with Crippen LogP contribution in [0.5, 0.6) is 0 Å². The smallest absolute Gasteiger partial charge is 0.332 e. The van der Waals surface area contributed by atoms with Crippen molar-refractivity contribution < 1.29 is 19.3 Å². The van der Waals surface area contributed by atoms with Crippen molar-refractivity contribution in [2.45, 2.75) is 19.9 Å². The molecule has 0 radical (unpaired) electrons. The van der Waals surface area contributed by atoms with Crippen LogP contribution in [0.1, 0.15) is 44.4 Å². The molecule has 1 aliphatic rings. The summed E-state index contributed by atoms with van der Waals surface area (Å²) in [5.74, 6) is -3.00. The molecular weight excluding hydrogens is 398 g/mol. The van der Waals surface area contributed by atoms with Gasteiger partial charge in [0.25, 0.3) is 23.1 Å². The van der Waals surface area contributed by atoms with Crippen LogP contribution < -0.4 is 17.0 Å². The van der Waals surface area contributed by atoms with E-state index >= 15 is 0 Å². The second-order valence-corrected chi connectivity index (χ2v) is 6.67. The molecule has 12 heteroatoms. The summed E-state index contributed by atoms with van der Waals surface area (Å²) in [4.78, 5) is 73.4. The minimum Gasteiger partial charge on any atom is -0.384 e. The largest absolute Gasteiger partial charge is 0.384 e. The van der Waals surface area contributed by atoms with Gasteiger partial charge in [-0.3, -0.25) is 43.3 Å². The number of anilines is 1. The Bertz CT molecular complexity index is 1240. The number of nitro groups is 1. The van der Waals surface area contributed by atoms with Crippen LogP contribution in [0, 0.1) is 10.1 Å². The van der Waals surface area contributed by atoms with Crippen molar-refractivity contribution in [1.29, 1.82) is 0 Å². The first-order chi connectivity index (χ1) is 14.1. The predicted molar refractivity (Wildman–Crippen MR) is 103 cm³/mol. The van der Waals surface area contributed by atoms with Crippen molar-refractivity contribution in [3.8, 4) is 0 Å². The Kier molecular flexibility index (Phi) is 5.08. The molecule has 2 heterocycles. The lowest BCUT2D eigenvalue weighted by Crippen LogP contribution is -2.44. The Morgan fingerprint density at radius 3 is 2.37 bits per heavy atom. The molecule has 3 rings (SSSR count). The summed E-state index contributed by atoms with van der Waals surface area (Å²) < 4.78 is 1.80. The number of rotatable bonds is 6. The van der Waals surface area contributed by atoms with Crippen molar-refractivity contribution in [2.75, 3.05) is 12.3 Å². The first-order valence-corrected chi connectivity index (χ1v) is 8.87. The third kappa shape index (κ3) is 3.07. The average molecular weight is 415 g/mol. The third-order valence-corrected chi connectivity index (χ3v) is 4.78. The quantitative estimate of drug-likeness (QED) is 0.296. The Labute approximate surface area is 168 Å². The minimum atomic E-state index is -0.943. The van der Waals surface area contributed by atoms with E-state index in [9.17, 15) is 34.1 Å². The maximum absolute atomic E-state index is 12.8. The number of fused-ring (bicyclic) bond motifs is 1. The summed E-state index contributed by atoms with van der Waals surface area (Å²) >= 11 is 0. The number of hydrogen-bond donors (Lipinski definition) is 1. The zero-order chi connectivity index (χ0) is 22.3. The first-order valence-electron chi connectivity index (χ1n) is 8.87. The monoisotopic (exact) mass is 415 g/mol. The second kappa shape index (κ2) is 7.39. The molecule has 2 N–H and O–H groups in total. The highest BCUT2D eigenvalue weighted by Crippen LogP contribution is 2.27.